The van der Waals surface area contributed by atoms with Crippen LogP contribution in [-0.2, 0) is 4.79 Å². The van der Waals surface area contributed by atoms with Crippen LogP contribution in [0.15, 0.2) is 24.3 Å². The van der Waals surface area contributed by atoms with Gasteiger partial charge in [-0.1, -0.05) is 12.1 Å². The molecule has 5 rings (SSSR count). The highest BCUT2D eigenvalue weighted by Gasteiger charge is 2.50. The van der Waals surface area contributed by atoms with Crippen molar-refractivity contribution < 1.29 is 9.59 Å². The standard InChI is InChI=1S/C20H26N2O2/c1-13(23)17-3-2-4-18(8-17)22-19(24)12-21-20-9-14-5-15(10-20)7-16(6-14)11-20/h2-4,8,14-16,21H,5-7,9-12H2,1H3,(H,22,24). The van der Waals surface area contributed by atoms with Gasteiger partial charge in [0.2, 0.25) is 5.91 Å². The molecule has 1 aromatic carbocycles. The number of benzene rings is 1. The maximum absolute atomic E-state index is 12.3. The fourth-order valence-corrected chi connectivity index (χ4v) is 5.62. The number of Topliss-reactive ketones (excluding diaryl/α,β-unsaturated/α-hetero) is 1. The largest absolute Gasteiger partial charge is 0.325 e. The number of carbonyl (C=O) groups is 2. The second-order valence-corrected chi connectivity index (χ2v) is 8.24. The molecule has 0 unspecified atom stereocenters. The van der Waals surface area contributed by atoms with Gasteiger partial charge in [-0.05, 0) is 75.3 Å². The molecule has 1 aromatic rings. The highest BCUT2D eigenvalue weighted by atomic mass is 16.2. The van der Waals surface area contributed by atoms with Crippen molar-refractivity contribution in [3.63, 3.8) is 0 Å². The van der Waals surface area contributed by atoms with Crippen LogP contribution in [-0.4, -0.2) is 23.8 Å². The molecule has 0 aromatic heterocycles. The maximum atomic E-state index is 12.3. The number of anilines is 1. The van der Waals surface area contributed by atoms with Crippen molar-refractivity contribution in [1.82, 2.24) is 5.32 Å². The highest BCUT2D eigenvalue weighted by Crippen LogP contribution is 2.55. The van der Waals surface area contributed by atoms with Crippen LogP contribution in [0.3, 0.4) is 0 Å². The predicted octanol–water partition coefficient (Wildman–Crippen LogP) is 3.39. The Morgan fingerprint density at radius 2 is 1.71 bits per heavy atom. The van der Waals surface area contributed by atoms with E-state index in [4.69, 9.17) is 0 Å². The monoisotopic (exact) mass is 326 g/mol. The molecule has 128 valence electrons. The van der Waals surface area contributed by atoms with Crippen molar-refractivity contribution in [1.29, 1.82) is 0 Å². The smallest absolute Gasteiger partial charge is 0.238 e. The molecule has 4 saturated carbocycles. The summed E-state index contributed by atoms with van der Waals surface area (Å²) in [5.41, 5.74) is 1.52. The van der Waals surface area contributed by atoms with Crippen LogP contribution in [0, 0.1) is 17.8 Å². The highest BCUT2D eigenvalue weighted by molar-refractivity contribution is 5.97. The zero-order valence-corrected chi connectivity index (χ0v) is 14.3. The third-order valence-corrected chi connectivity index (χ3v) is 6.22. The van der Waals surface area contributed by atoms with Crippen molar-refractivity contribution in [3.8, 4) is 0 Å². The summed E-state index contributed by atoms with van der Waals surface area (Å²) >= 11 is 0. The molecule has 0 heterocycles. The molecule has 4 aliphatic carbocycles. The van der Waals surface area contributed by atoms with E-state index >= 15 is 0 Å². The summed E-state index contributed by atoms with van der Waals surface area (Å²) in [7, 11) is 0. The van der Waals surface area contributed by atoms with Gasteiger partial charge in [-0.15, -0.1) is 0 Å². The Hall–Kier alpha value is -1.68. The Bertz CT molecular complexity index is 632. The van der Waals surface area contributed by atoms with Gasteiger partial charge in [-0.3, -0.25) is 9.59 Å². The van der Waals surface area contributed by atoms with E-state index in [1.165, 1.54) is 45.4 Å². The van der Waals surface area contributed by atoms with E-state index in [0.29, 0.717) is 17.8 Å². The molecule has 0 atom stereocenters. The second kappa shape index (κ2) is 5.99. The summed E-state index contributed by atoms with van der Waals surface area (Å²) in [5, 5.41) is 6.52. The van der Waals surface area contributed by atoms with Crippen LogP contribution >= 0.6 is 0 Å². The van der Waals surface area contributed by atoms with Gasteiger partial charge in [-0.2, -0.15) is 0 Å². The van der Waals surface area contributed by atoms with E-state index in [9.17, 15) is 9.59 Å². The molecule has 4 heteroatoms. The summed E-state index contributed by atoms with van der Waals surface area (Å²) < 4.78 is 0. The predicted molar refractivity (Wildman–Crippen MR) is 94.0 cm³/mol. The summed E-state index contributed by atoms with van der Waals surface area (Å²) in [6.45, 7) is 1.89. The maximum Gasteiger partial charge on any atom is 0.238 e. The lowest BCUT2D eigenvalue weighted by molar-refractivity contribution is -0.116. The lowest BCUT2D eigenvalue weighted by atomic mass is 9.53. The zero-order chi connectivity index (χ0) is 16.7. The third-order valence-electron chi connectivity index (χ3n) is 6.22. The lowest BCUT2D eigenvalue weighted by Crippen LogP contribution is -2.59. The van der Waals surface area contributed by atoms with E-state index in [2.05, 4.69) is 10.6 Å². The van der Waals surface area contributed by atoms with Gasteiger partial charge in [0, 0.05) is 16.8 Å². The molecular weight excluding hydrogens is 300 g/mol. The molecule has 0 radical (unpaired) electrons. The summed E-state index contributed by atoms with van der Waals surface area (Å²) in [4.78, 5) is 23.8. The average Bonchev–Trinajstić information content (AvgIpc) is 2.52. The Morgan fingerprint density at radius 3 is 2.29 bits per heavy atom. The van der Waals surface area contributed by atoms with Crippen LogP contribution in [0.25, 0.3) is 0 Å². The van der Waals surface area contributed by atoms with E-state index in [-0.39, 0.29) is 17.2 Å². The first-order valence-corrected chi connectivity index (χ1v) is 9.17. The van der Waals surface area contributed by atoms with Crippen molar-refractivity contribution in [2.24, 2.45) is 17.8 Å². The van der Waals surface area contributed by atoms with Gasteiger partial charge in [0.05, 0.1) is 6.54 Å². The molecule has 4 aliphatic rings. The van der Waals surface area contributed by atoms with Gasteiger partial charge in [0.15, 0.2) is 5.78 Å². The molecule has 2 N–H and O–H groups in total. The summed E-state index contributed by atoms with van der Waals surface area (Å²) in [6, 6.07) is 7.14. The molecule has 24 heavy (non-hydrogen) atoms. The Balaban J connectivity index is 1.35. The van der Waals surface area contributed by atoms with Crippen molar-refractivity contribution in [2.45, 2.75) is 51.0 Å². The van der Waals surface area contributed by atoms with Gasteiger partial charge >= 0.3 is 0 Å². The fraction of sp³-hybridized carbons (Fsp3) is 0.600. The normalized spacial score (nSPS) is 33.5. The van der Waals surface area contributed by atoms with Crippen LogP contribution in [0.5, 0.6) is 0 Å². The number of hydrogen-bond donors (Lipinski definition) is 2. The third kappa shape index (κ3) is 3.12. The minimum absolute atomic E-state index is 0.0118. The first-order chi connectivity index (χ1) is 11.5. The van der Waals surface area contributed by atoms with Crippen LogP contribution in [0.1, 0.15) is 55.8 Å². The van der Waals surface area contributed by atoms with Crippen molar-refractivity contribution in [2.75, 3.05) is 11.9 Å². The van der Waals surface area contributed by atoms with E-state index in [1.54, 1.807) is 18.2 Å². The quantitative estimate of drug-likeness (QED) is 0.816. The van der Waals surface area contributed by atoms with Crippen LogP contribution in [0.2, 0.25) is 0 Å². The Morgan fingerprint density at radius 1 is 1.08 bits per heavy atom. The molecule has 0 aliphatic heterocycles. The number of carbonyl (C=O) groups excluding carboxylic acids is 2. The topological polar surface area (TPSA) is 58.2 Å². The Kier molecular flexibility index (Phi) is 3.95. The van der Waals surface area contributed by atoms with Crippen molar-refractivity contribution in [3.05, 3.63) is 29.8 Å². The Labute approximate surface area is 143 Å². The number of hydrogen-bond acceptors (Lipinski definition) is 3. The summed E-state index contributed by atoms with van der Waals surface area (Å²) in [6.07, 6.45) is 7.95. The number of amides is 1. The van der Waals surface area contributed by atoms with Crippen LogP contribution in [0.4, 0.5) is 5.69 Å². The minimum Gasteiger partial charge on any atom is -0.325 e. The molecule has 4 nitrogen and oxygen atoms in total. The second-order valence-electron chi connectivity index (χ2n) is 8.24. The van der Waals surface area contributed by atoms with Gasteiger partial charge in [-0.25, -0.2) is 0 Å². The molecule has 1 amide bonds. The molecule has 4 bridgehead atoms. The summed E-state index contributed by atoms with van der Waals surface area (Å²) in [5.74, 6) is 2.61. The first kappa shape index (κ1) is 15.8. The zero-order valence-electron chi connectivity index (χ0n) is 14.3. The average molecular weight is 326 g/mol. The fourth-order valence-electron chi connectivity index (χ4n) is 5.62. The lowest BCUT2D eigenvalue weighted by Gasteiger charge is -2.57. The minimum atomic E-state index is -0.0218. The number of ketones is 1. The van der Waals surface area contributed by atoms with E-state index < -0.39 is 0 Å². The molecule has 0 saturated heterocycles. The number of nitrogens with one attached hydrogen (secondary N) is 2. The van der Waals surface area contributed by atoms with E-state index in [0.717, 1.165) is 17.8 Å². The SMILES string of the molecule is CC(=O)c1cccc(NC(=O)CNC23CC4CC(CC(C4)C2)C3)c1. The van der Waals surface area contributed by atoms with Gasteiger partial charge < -0.3 is 10.6 Å². The van der Waals surface area contributed by atoms with Gasteiger partial charge in [0.1, 0.15) is 0 Å². The first-order valence-electron chi connectivity index (χ1n) is 9.17. The van der Waals surface area contributed by atoms with Gasteiger partial charge in [0.25, 0.3) is 0 Å². The van der Waals surface area contributed by atoms with E-state index in [1.807, 2.05) is 6.07 Å². The molecular formula is C20H26N2O2. The number of rotatable bonds is 5. The van der Waals surface area contributed by atoms with Crippen molar-refractivity contribution >= 4 is 17.4 Å². The molecule has 0 spiro atoms. The molecule has 4 fully saturated rings. The van der Waals surface area contributed by atoms with Crippen LogP contribution < -0.4 is 10.6 Å².